The molecule has 2 atom stereocenters. The molecule has 29 heavy (non-hydrogen) atoms. The third-order valence-corrected chi connectivity index (χ3v) is 5.69. The van der Waals surface area contributed by atoms with Crippen molar-refractivity contribution < 1.29 is 14.3 Å². The second-order valence-corrected chi connectivity index (χ2v) is 9.50. The predicted octanol–water partition coefficient (Wildman–Crippen LogP) is 7.19. The van der Waals surface area contributed by atoms with Crippen molar-refractivity contribution in [1.29, 1.82) is 0 Å². The summed E-state index contributed by atoms with van der Waals surface area (Å²) in [5.41, 5.74) is -0.376. The molecule has 3 nitrogen and oxygen atoms in total. The maximum atomic E-state index is 13.1. The lowest BCUT2D eigenvalue weighted by atomic mass is 9.96. The molecule has 6 heteroatoms. The number of benzene rings is 2. The van der Waals surface area contributed by atoms with Crippen molar-refractivity contribution in [2.45, 2.75) is 33.3 Å². The summed E-state index contributed by atoms with van der Waals surface area (Å²) in [6.07, 6.45) is 1.51. The van der Waals surface area contributed by atoms with Crippen LogP contribution in [-0.4, -0.2) is 10.8 Å². The molecule has 0 aliphatic heterocycles. The summed E-state index contributed by atoms with van der Waals surface area (Å²) in [4.78, 5) is 13.6. The molecule has 0 amide bonds. The van der Waals surface area contributed by atoms with Gasteiger partial charge < -0.3 is 9.47 Å². The second-order valence-electron chi connectivity index (χ2n) is 7.85. The summed E-state index contributed by atoms with van der Waals surface area (Å²) in [5, 5.41) is 0. The average Bonchev–Trinajstić information content (AvgIpc) is 3.21. The molecule has 1 aliphatic rings. The minimum atomic E-state index is -0.840. The normalized spacial score (nSPS) is 20.3. The van der Waals surface area contributed by atoms with Gasteiger partial charge in [-0.25, -0.2) is 0 Å². The fourth-order valence-corrected chi connectivity index (χ4v) is 4.01. The molecule has 0 heterocycles. The molecule has 0 N–H and O–H groups in total. The van der Waals surface area contributed by atoms with E-state index in [1.54, 1.807) is 13.0 Å². The molecule has 1 saturated carbocycles. The van der Waals surface area contributed by atoms with Gasteiger partial charge in [0, 0.05) is 10.4 Å². The maximum Gasteiger partial charge on any atom is 0.317 e. The minimum absolute atomic E-state index is 0.0569. The van der Waals surface area contributed by atoms with E-state index in [4.69, 9.17) is 44.9 Å². The molecule has 2 aromatic carbocycles. The van der Waals surface area contributed by atoms with Gasteiger partial charge in [-0.2, -0.15) is 0 Å². The molecule has 2 aromatic rings. The largest absolute Gasteiger partial charge is 0.457 e. The third kappa shape index (κ3) is 4.82. The fraction of sp³-hybridized carbons (Fsp3) is 0.304. The highest BCUT2D eigenvalue weighted by molar-refractivity contribution is 7.80. The molecule has 0 bridgehead atoms. The van der Waals surface area contributed by atoms with Gasteiger partial charge >= 0.3 is 5.97 Å². The van der Waals surface area contributed by atoms with Crippen LogP contribution in [-0.2, 0) is 9.53 Å². The van der Waals surface area contributed by atoms with Crippen molar-refractivity contribution in [3.8, 4) is 11.5 Å². The molecule has 0 radical (unpaired) electrons. The van der Waals surface area contributed by atoms with Gasteiger partial charge in [0.1, 0.15) is 16.0 Å². The van der Waals surface area contributed by atoms with Crippen LogP contribution in [0, 0.1) is 10.8 Å². The Bertz CT molecular complexity index is 952. The summed E-state index contributed by atoms with van der Waals surface area (Å²) in [6, 6.07) is 16.8. The quantitative estimate of drug-likeness (QED) is 0.331. The Labute approximate surface area is 186 Å². The topological polar surface area (TPSA) is 35.5 Å². The first-order valence-corrected chi connectivity index (χ1v) is 10.4. The van der Waals surface area contributed by atoms with Gasteiger partial charge in [0.2, 0.25) is 0 Å². The van der Waals surface area contributed by atoms with Crippen molar-refractivity contribution in [3.05, 3.63) is 70.7 Å². The van der Waals surface area contributed by atoms with Crippen LogP contribution >= 0.6 is 35.4 Å². The SMILES string of the molecule is CC(=S)C(OC(=O)C1(C=C(Cl)Cl)CC1(C)C)c1cccc(Oc2ccccc2)c1. The van der Waals surface area contributed by atoms with E-state index in [2.05, 4.69) is 0 Å². The summed E-state index contributed by atoms with van der Waals surface area (Å²) >= 11 is 17.1. The van der Waals surface area contributed by atoms with E-state index in [9.17, 15) is 4.79 Å². The highest BCUT2D eigenvalue weighted by atomic mass is 35.5. The molecule has 1 aliphatic carbocycles. The number of carbonyl (C=O) groups is 1. The molecule has 1 fully saturated rings. The standard InChI is InChI=1S/C23H22Cl2O3S/c1-15(29)20(28-21(26)23(13-19(24)25)14-22(23,2)3)16-8-7-11-18(12-16)27-17-9-5-4-6-10-17/h4-13,20H,14H2,1-3H3. The zero-order valence-electron chi connectivity index (χ0n) is 16.4. The van der Waals surface area contributed by atoms with Crippen LogP contribution in [0.4, 0.5) is 0 Å². The lowest BCUT2D eigenvalue weighted by Gasteiger charge is -2.22. The van der Waals surface area contributed by atoms with Gasteiger partial charge in [-0.1, -0.05) is 79.6 Å². The van der Waals surface area contributed by atoms with Gasteiger partial charge in [-0.05, 0) is 49.1 Å². The summed E-state index contributed by atoms with van der Waals surface area (Å²) in [7, 11) is 0. The van der Waals surface area contributed by atoms with Crippen molar-refractivity contribution in [3.63, 3.8) is 0 Å². The molecule has 2 unspecified atom stereocenters. The minimum Gasteiger partial charge on any atom is -0.457 e. The number of esters is 1. The van der Waals surface area contributed by atoms with E-state index >= 15 is 0 Å². The van der Waals surface area contributed by atoms with E-state index in [1.807, 2.05) is 68.4 Å². The Balaban J connectivity index is 1.84. The third-order valence-electron chi connectivity index (χ3n) is 5.26. The Morgan fingerprint density at radius 2 is 1.72 bits per heavy atom. The van der Waals surface area contributed by atoms with Crippen LogP contribution < -0.4 is 4.74 Å². The fourth-order valence-electron chi connectivity index (χ4n) is 3.46. The van der Waals surface area contributed by atoms with Crippen molar-refractivity contribution in [2.24, 2.45) is 10.8 Å². The van der Waals surface area contributed by atoms with E-state index in [1.165, 1.54) is 0 Å². The average molecular weight is 449 g/mol. The first-order valence-electron chi connectivity index (χ1n) is 9.23. The number of halogens is 2. The number of para-hydroxylation sites is 1. The predicted molar refractivity (Wildman–Crippen MR) is 121 cm³/mol. The summed E-state index contributed by atoms with van der Waals surface area (Å²) in [6.45, 7) is 5.72. The molecule has 0 aromatic heterocycles. The van der Waals surface area contributed by atoms with Crippen molar-refractivity contribution in [2.75, 3.05) is 0 Å². The first-order chi connectivity index (χ1) is 13.6. The zero-order valence-corrected chi connectivity index (χ0v) is 18.8. The Hall–Kier alpha value is -1.88. The van der Waals surface area contributed by atoms with E-state index < -0.39 is 11.5 Å². The van der Waals surface area contributed by atoms with Gasteiger partial charge in [0.15, 0.2) is 6.10 Å². The number of carbonyl (C=O) groups excluding carboxylic acids is 1. The zero-order chi connectivity index (χ0) is 21.2. The summed E-state index contributed by atoms with van der Waals surface area (Å²) in [5.74, 6) is 0.971. The van der Waals surface area contributed by atoms with E-state index in [0.717, 1.165) is 11.3 Å². The van der Waals surface area contributed by atoms with Gasteiger partial charge in [0.25, 0.3) is 0 Å². The highest BCUT2D eigenvalue weighted by Gasteiger charge is 2.66. The monoisotopic (exact) mass is 448 g/mol. The molecule has 3 rings (SSSR count). The maximum absolute atomic E-state index is 13.1. The Kier molecular flexibility index (Phi) is 6.37. The van der Waals surface area contributed by atoms with Crippen molar-refractivity contribution >= 4 is 46.3 Å². The molecule has 0 spiro atoms. The van der Waals surface area contributed by atoms with Crippen LogP contribution in [0.1, 0.15) is 38.9 Å². The second kappa shape index (κ2) is 8.47. The van der Waals surface area contributed by atoms with Crippen LogP contribution in [0.2, 0.25) is 0 Å². The number of hydrogen-bond acceptors (Lipinski definition) is 4. The van der Waals surface area contributed by atoms with Crippen LogP contribution in [0.3, 0.4) is 0 Å². The number of ether oxygens (including phenoxy) is 2. The Morgan fingerprint density at radius 3 is 2.28 bits per heavy atom. The van der Waals surface area contributed by atoms with Gasteiger partial charge in [0.05, 0.1) is 5.41 Å². The molecule has 0 saturated heterocycles. The van der Waals surface area contributed by atoms with Crippen LogP contribution in [0.15, 0.2) is 65.2 Å². The van der Waals surface area contributed by atoms with Crippen molar-refractivity contribution in [1.82, 2.24) is 0 Å². The molecular formula is C23H22Cl2O3S. The van der Waals surface area contributed by atoms with Crippen LogP contribution in [0.25, 0.3) is 0 Å². The number of thiocarbonyl (C=S) groups is 1. The van der Waals surface area contributed by atoms with Gasteiger partial charge in [-0.15, -0.1) is 0 Å². The summed E-state index contributed by atoms with van der Waals surface area (Å²) < 4.78 is 11.8. The smallest absolute Gasteiger partial charge is 0.317 e. The Morgan fingerprint density at radius 1 is 1.10 bits per heavy atom. The van der Waals surface area contributed by atoms with Crippen LogP contribution in [0.5, 0.6) is 11.5 Å². The van der Waals surface area contributed by atoms with E-state index in [0.29, 0.717) is 17.0 Å². The van der Waals surface area contributed by atoms with Gasteiger partial charge in [-0.3, -0.25) is 4.79 Å². The lowest BCUT2D eigenvalue weighted by molar-refractivity contribution is -0.152. The number of hydrogen-bond donors (Lipinski definition) is 0. The first kappa shape index (κ1) is 21.8. The number of rotatable bonds is 7. The van der Waals surface area contributed by atoms with E-state index in [-0.39, 0.29) is 15.9 Å². The lowest BCUT2D eigenvalue weighted by Crippen LogP contribution is -2.26. The molecular weight excluding hydrogens is 427 g/mol. The highest BCUT2D eigenvalue weighted by Crippen LogP contribution is 2.66. The molecule has 152 valence electrons.